The molecule has 0 aromatic heterocycles. The Hall–Kier alpha value is -0.730. The molecule has 0 radical (unpaired) electrons. The van der Waals surface area contributed by atoms with E-state index in [0.29, 0.717) is 6.42 Å². The summed E-state index contributed by atoms with van der Waals surface area (Å²) in [7, 11) is 0. The summed E-state index contributed by atoms with van der Waals surface area (Å²) < 4.78 is 10.5. The van der Waals surface area contributed by atoms with Gasteiger partial charge in [-0.15, -0.1) is 0 Å². The highest BCUT2D eigenvalue weighted by Gasteiger charge is 2.50. The molecule has 0 amide bonds. The minimum Gasteiger partial charge on any atom is -0.477 e. The largest absolute Gasteiger partial charge is 0.477 e. The van der Waals surface area contributed by atoms with E-state index in [1.165, 1.54) is 0 Å². The SMILES string of the molecule is CCCO[C@]1(C(=O)O)C[C@@H](O)C[C@@H]([C@H](O)CO)O1. The van der Waals surface area contributed by atoms with E-state index in [2.05, 4.69) is 0 Å². The Morgan fingerprint density at radius 1 is 1.61 bits per heavy atom. The molecule has 7 nitrogen and oxygen atoms in total. The Labute approximate surface area is 105 Å². The lowest BCUT2D eigenvalue weighted by Gasteiger charge is -2.41. The van der Waals surface area contributed by atoms with E-state index in [0.717, 1.165) is 0 Å². The molecule has 106 valence electrons. The van der Waals surface area contributed by atoms with E-state index in [4.69, 9.17) is 14.6 Å². The average molecular weight is 264 g/mol. The van der Waals surface area contributed by atoms with Gasteiger partial charge in [-0.2, -0.15) is 0 Å². The highest BCUT2D eigenvalue weighted by Crippen LogP contribution is 2.32. The highest BCUT2D eigenvalue weighted by atomic mass is 16.7. The highest BCUT2D eigenvalue weighted by molar-refractivity contribution is 5.76. The molecule has 1 heterocycles. The van der Waals surface area contributed by atoms with Gasteiger partial charge in [-0.05, 0) is 6.42 Å². The van der Waals surface area contributed by atoms with E-state index in [1.54, 1.807) is 0 Å². The zero-order chi connectivity index (χ0) is 13.8. The molecule has 1 aliphatic rings. The van der Waals surface area contributed by atoms with E-state index < -0.39 is 36.7 Å². The van der Waals surface area contributed by atoms with Gasteiger partial charge in [0.1, 0.15) is 6.10 Å². The number of hydrogen-bond donors (Lipinski definition) is 4. The first-order valence-electron chi connectivity index (χ1n) is 5.97. The number of carboxylic acids is 1. The van der Waals surface area contributed by atoms with Crippen molar-refractivity contribution < 1.29 is 34.7 Å². The summed E-state index contributed by atoms with van der Waals surface area (Å²) in [5.74, 6) is -3.29. The normalized spacial score (nSPS) is 34.2. The van der Waals surface area contributed by atoms with Crippen LogP contribution in [0.3, 0.4) is 0 Å². The number of aliphatic hydroxyl groups is 3. The fourth-order valence-electron chi connectivity index (χ4n) is 1.91. The standard InChI is InChI=1S/C11H20O7/c1-2-3-17-11(10(15)16)5-7(13)4-9(18-11)8(14)6-12/h7-9,12-14H,2-6H2,1H3,(H,15,16)/t7-,8+,9-,11+/m0/s1. The fourth-order valence-corrected chi connectivity index (χ4v) is 1.91. The number of rotatable bonds is 6. The first-order valence-corrected chi connectivity index (χ1v) is 5.97. The van der Waals surface area contributed by atoms with E-state index in [1.807, 2.05) is 6.92 Å². The quantitative estimate of drug-likeness (QED) is 0.490. The van der Waals surface area contributed by atoms with Gasteiger partial charge in [0, 0.05) is 12.8 Å². The van der Waals surface area contributed by atoms with Gasteiger partial charge in [0.2, 0.25) is 0 Å². The van der Waals surface area contributed by atoms with Crippen molar-refractivity contribution in [1.29, 1.82) is 0 Å². The molecule has 0 bridgehead atoms. The van der Waals surface area contributed by atoms with Crippen molar-refractivity contribution in [3.8, 4) is 0 Å². The van der Waals surface area contributed by atoms with Gasteiger partial charge in [0.25, 0.3) is 5.79 Å². The lowest BCUT2D eigenvalue weighted by molar-refractivity contribution is -0.301. The minimum absolute atomic E-state index is 0.0617. The van der Waals surface area contributed by atoms with Crippen LogP contribution < -0.4 is 0 Å². The smallest absolute Gasteiger partial charge is 0.364 e. The van der Waals surface area contributed by atoms with Crippen LogP contribution in [-0.2, 0) is 14.3 Å². The van der Waals surface area contributed by atoms with Crippen LogP contribution in [0.4, 0.5) is 0 Å². The van der Waals surface area contributed by atoms with Gasteiger partial charge in [-0.3, -0.25) is 0 Å². The van der Waals surface area contributed by atoms with Crippen molar-refractivity contribution in [1.82, 2.24) is 0 Å². The molecule has 1 aliphatic heterocycles. The summed E-state index contributed by atoms with van der Waals surface area (Å²) in [5, 5.41) is 37.3. The molecule has 4 N–H and O–H groups in total. The maximum atomic E-state index is 11.3. The third-order valence-corrected chi connectivity index (χ3v) is 2.83. The molecule has 18 heavy (non-hydrogen) atoms. The summed E-state index contributed by atoms with van der Waals surface area (Å²) >= 11 is 0. The Morgan fingerprint density at radius 2 is 2.28 bits per heavy atom. The van der Waals surface area contributed by atoms with Gasteiger partial charge >= 0.3 is 5.97 Å². The molecule has 0 aromatic carbocycles. The van der Waals surface area contributed by atoms with Gasteiger partial charge < -0.3 is 29.9 Å². The zero-order valence-electron chi connectivity index (χ0n) is 10.3. The molecule has 0 aliphatic carbocycles. The number of ether oxygens (including phenoxy) is 2. The van der Waals surface area contributed by atoms with Gasteiger partial charge in [0.15, 0.2) is 0 Å². The molecule has 4 atom stereocenters. The molecular formula is C11H20O7. The van der Waals surface area contributed by atoms with Crippen LogP contribution in [-0.4, -0.2) is 63.7 Å². The summed E-state index contributed by atoms with van der Waals surface area (Å²) in [6, 6.07) is 0. The van der Waals surface area contributed by atoms with Gasteiger partial charge in [-0.25, -0.2) is 4.79 Å². The molecular weight excluding hydrogens is 244 g/mol. The number of hydrogen-bond acceptors (Lipinski definition) is 6. The monoisotopic (exact) mass is 264 g/mol. The maximum Gasteiger partial charge on any atom is 0.364 e. The number of carbonyl (C=O) groups is 1. The summed E-state index contributed by atoms with van der Waals surface area (Å²) in [6.45, 7) is 1.41. The predicted octanol–water partition coefficient (Wildman–Crippen LogP) is -0.913. The second-order valence-electron chi connectivity index (χ2n) is 4.41. The van der Waals surface area contributed by atoms with Crippen molar-refractivity contribution in [2.24, 2.45) is 0 Å². The topological polar surface area (TPSA) is 116 Å². The number of aliphatic hydroxyl groups excluding tert-OH is 3. The Balaban J connectivity index is 2.84. The minimum atomic E-state index is -1.95. The zero-order valence-corrected chi connectivity index (χ0v) is 10.3. The van der Waals surface area contributed by atoms with Gasteiger partial charge in [-0.1, -0.05) is 6.92 Å². The number of aliphatic carboxylic acids is 1. The van der Waals surface area contributed by atoms with Crippen LogP contribution in [0.5, 0.6) is 0 Å². The summed E-state index contributed by atoms with van der Waals surface area (Å²) in [4.78, 5) is 11.3. The third-order valence-electron chi connectivity index (χ3n) is 2.83. The molecule has 7 heteroatoms. The fraction of sp³-hybridized carbons (Fsp3) is 0.909. The second-order valence-corrected chi connectivity index (χ2v) is 4.41. The first-order chi connectivity index (χ1) is 8.45. The van der Waals surface area contributed by atoms with E-state index in [9.17, 15) is 20.1 Å². The van der Waals surface area contributed by atoms with Crippen molar-refractivity contribution in [2.75, 3.05) is 13.2 Å². The molecule has 1 rings (SSSR count). The maximum absolute atomic E-state index is 11.3. The third kappa shape index (κ3) is 3.39. The molecule has 0 aromatic rings. The Morgan fingerprint density at radius 3 is 2.78 bits per heavy atom. The van der Waals surface area contributed by atoms with Crippen LogP contribution >= 0.6 is 0 Å². The lowest BCUT2D eigenvalue weighted by atomic mass is 9.95. The summed E-state index contributed by atoms with van der Waals surface area (Å²) in [5.41, 5.74) is 0. The van der Waals surface area contributed by atoms with E-state index in [-0.39, 0.29) is 19.4 Å². The van der Waals surface area contributed by atoms with Crippen molar-refractivity contribution >= 4 is 5.97 Å². The average Bonchev–Trinajstić information content (AvgIpc) is 2.34. The summed E-state index contributed by atoms with van der Waals surface area (Å²) in [6.07, 6.45) is -2.71. The first kappa shape index (κ1) is 15.3. The number of carboxylic acid groups (broad SMARTS) is 1. The van der Waals surface area contributed by atoms with Crippen molar-refractivity contribution in [3.63, 3.8) is 0 Å². The van der Waals surface area contributed by atoms with Crippen LogP contribution in [0.1, 0.15) is 26.2 Å². The molecule has 0 spiro atoms. The van der Waals surface area contributed by atoms with Crippen LogP contribution in [0.25, 0.3) is 0 Å². The molecule has 0 saturated carbocycles. The van der Waals surface area contributed by atoms with Gasteiger partial charge in [0.05, 0.1) is 25.4 Å². The second kappa shape index (κ2) is 6.44. The predicted molar refractivity (Wildman–Crippen MR) is 59.8 cm³/mol. The molecule has 1 saturated heterocycles. The molecule has 1 fully saturated rings. The van der Waals surface area contributed by atoms with Crippen molar-refractivity contribution in [2.45, 2.75) is 50.3 Å². The van der Waals surface area contributed by atoms with E-state index >= 15 is 0 Å². The molecule has 0 unspecified atom stereocenters. The van der Waals surface area contributed by atoms with Crippen LogP contribution in [0.2, 0.25) is 0 Å². The van der Waals surface area contributed by atoms with Crippen LogP contribution in [0, 0.1) is 0 Å². The van der Waals surface area contributed by atoms with Crippen LogP contribution in [0.15, 0.2) is 0 Å². The lowest BCUT2D eigenvalue weighted by Crippen LogP contribution is -2.56. The Kier molecular flexibility index (Phi) is 5.48. The van der Waals surface area contributed by atoms with Crippen molar-refractivity contribution in [3.05, 3.63) is 0 Å². The Bertz CT molecular complexity index is 283.